The van der Waals surface area contributed by atoms with Crippen LogP contribution in [0.15, 0.2) is 144 Å². The summed E-state index contributed by atoms with van der Waals surface area (Å²) >= 11 is 0. The van der Waals surface area contributed by atoms with Crippen molar-refractivity contribution in [3.05, 3.63) is 145 Å². The molecule has 2 aliphatic rings. The van der Waals surface area contributed by atoms with Crippen LogP contribution in [0.1, 0.15) is 17.8 Å². The summed E-state index contributed by atoms with van der Waals surface area (Å²) in [5.41, 5.74) is 5.56. The first-order valence-electron chi connectivity index (χ1n) is 15.4. The molecule has 2 aromatic heterocycles. The summed E-state index contributed by atoms with van der Waals surface area (Å²) in [5, 5.41) is 18.2. The number of rotatable bonds is 2. The fraction of sp³-hybridized carbons (Fsp3) is 0.100. The Balaban J connectivity index is 1.27. The van der Waals surface area contributed by atoms with E-state index < -0.39 is 0 Å². The van der Waals surface area contributed by atoms with Crippen LogP contribution in [0, 0.1) is 0 Å². The third kappa shape index (κ3) is 3.41. The number of furan rings is 1. The molecule has 1 aliphatic heterocycles. The molecule has 210 valence electrons. The van der Waals surface area contributed by atoms with Gasteiger partial charge in [-0.25, -0.2) is 0 Å². The molecule has 4 atom stereocenters. The number of nitrogens with zero attached hydrogens (tertiary/aromatic N) is 1. The summed E-state index contributed by atoms with van der Waals surface area (Å²) in [6.45, 7) is 0. The van der Waals surface area contributed by atoms with E-state index in [4.69, 9.17) is 4.42 Å². The molecule has 0 spiro atoms. The Morgan fingerprint density at radius 3 is 1.82 bits per heavy atom. The molecule has 8 aromatic rings. The second-order valence-corrected chi connectivity index (χ2v) is 12.2. The molecule has 1 fully saturated rings. The third-order valence-electron chi connectivity index (χ3n) is 9.81. The molecule has 1 saturated heterocycles. The van der Waals surface area contributed by atoms with Gasteiger partial charge in [-0.2, -0.15) is 0 Å². The Morgan fingerprint density at radius 2 is 1.11 bits per heavy atom. The molecule has 3 heterocycles. The van der Waals surface area contributed by atoms with Gasteiger partial charge in [0.15, 0.2) is 0 Å². The number of piperazine rings is 1. The monoisotopic (exact) mass is 567 g/mol. The zero-order valence-corrected chi connectivity index (χ0v) is 23.9. The Bertz CT molecular complexity index is 2400. The molecule has 6 aromatic carbocycles. The van der Waals surface area contributed by atoms with E-state index in [9.17, 15) is 0 Å². The lowest BCUT2D eigenvalue weighted by Gasteiger charge is -2.44. The first-order valence-corrected chi connectivity index (χ1v) is 15.4. The number of nitrogens with one attached hydrogen (secondary N) is 2. The van der Waals surface area contributed by atoms with E-state index in [1.807, 2.05) is 6.07 Å². The van der Waals surface area contributed by atoms with Crippen LogP contribution in [-0.4, -0.2) is 16.7 Å². The summed E-state index contributed by atoms with van der Waals surface area (Å²) in [5.74, 6) is 0. The normalized spacial score (nSPS) is 21.7. The quantitative estimate of drug-likeness (QED) is 0.219. The first kappa shape index (κ1) is 24.3. The lowest BCUT2D eigenvalue weighted by atomic mass is 9.92. The van der Waals surface area contributed by atoms with Gasteiger partial charge in [0.05, 0.1) is 17.1 Å². The van der Waals surface area contributed by atoms with Gasteiger partial charge >= 0.3 is 0 Å². The number of hydrogen-bond acceptors (Lipinski definition) is 3. The van der Waals surface area contributed by atoms with Crippen molar-refractivity contribution in [2.24, 2.45) is 0 Å². The van der Waals surface area contributed by atoms with E-state index in [0.29, 0.717) is 0 Å². The molecule has 0 amide bonds. The van der Waals surface area contributed by atoms with E-state index in [1.165, 1.54) is 48.9 Å². The van der Waals surface area contributed by atoms with Crippen LogP contribution in [0.2, 0.25) is 0 Å². The highest BCUT2D eigenvalue weighted by molar-refractivity contribution is 6.28. The van der Waals surface area contributed by atoms with Crippen LogP contribution < -0.4 is 10.6 Å². The molecule has 2 N–H and O–H groups in total. The van der Waals surface area contributed by atoms with Gasteiger partial charge in [-0.05, 0) is 57.4 Å². The number of para-hydroxylation sites is 1. The topological polar surface area (TPSA) is 42.1 Å². The summed E-state index contributed by atoms with van der Waals surface area (Å²) < 4.78 is 8.77. The van der Waals surface area contributed by atoms with Gasteiger partial charge in [0, 0.05) is 33.6 Å². The second kappa shape index (κ2) is 9.17. The number of allylic oxidation sites excluding steroid dienone is 2. The van der Waals surface area contributed by atoms with Crippen LogP contribution in [-0.2, 0) is 0 Å². The van der Waals surface area contributed by atoms with Crippen molar-refractivity contribution in [1.82, 2.24) is 15.2 Å². The molecule has 44 heavy (non-hydrogen) atoms. The van der Waals surface area contributed by atoms with Gasteiger partial charge in [-0.3, -0.25) is 10.6 Å². The van der Waals surface area contributed by atoms with E-state index in [2.05, 4.69) is 149 Å². The van der Waals surface area contributed by atoms with Gasteiger partial charge in [0.25, 0.3) is 0 Å². The Labute approximate surface area is 253 Å². The van der Waals surface area contributed by atoms with Crippen molar-refractivity contribution >= 4 is 65.3 Å². The molecule has 10 rings (SSSR count). The van der Waals surface area contributed by atoms with E-state index in [-0.39, 0.29) is 24.3 Å². The minimum atomic E-state index is -0.0506. The van der Waals surface area contributed by atoms with Crippen molar-refractivity contribution < 1.29 is 4.42 Å². The van der Waals surface area contributed by atoms with E-state index in [0.717, 1.165) is 21.9 Å². The number of benzene rings is 6. The van der Waals surface area contributed by atoms with Gasteiger partial charge in [-0.15, -0.1) is 0 Å². The Morgan fingerprint density at radius 1 is 0.523 bits per heavy atom. The lowest BCUT2D eigenvalue weighted by molar-refractivity contribution is 0.210. The molecule has 1 aliphatic carbocycles. The van der Waals surface area contributed by atoms with Crippen LogP contribution >= 0.6 is 0 Å². The van der Waals surface area contributed by atoms with Crippen LogP contribution in [0.4, 0.5) is 0 Å². The van der Waals surface area contributed by atoms with Crippen LogP contribution in [0.3, 0.4) is 0 Å². The maximum absolute atomic E-state index is 6.22. The zero-order valence-electron chi connectivity index (χ0n) is 23.9. The predicted molar refractivity (Wildman–Crippen MR) is 182 cm³/mol. The average Bonchev–Trinajstić information content (AvgIpc) is 3.63. The van der Waals surface area contributed by atoms with Gasteiger partial charge < -0.3 is 8.98 Å². The standard InChI is InChI=1S/C40H29N3O/c1-3-11-27-24(9-1)17-20-33-37(27)38-28-12-4-2-10-25(28)18-21-34(38)43(33)40-39(41-31-14-6-7-15-32(31)42-40)26-19-22-36-30(23-26)29-13-5-8-16-35(29)44-36/h1-23,31-32,39-42H. The van der Waals surface area contributed by atoms with Gasteiger partial charge in [0.2, 0.25) is 0 Å². The molecule has 0 saturated carbocycles. The van der Waals surface area contributed by atoms with Crippen molar-refractivity contribution in [3.63, 3.8) is 0 Å². The zero-order chi connectivity index (χ0) is 28.8. The minimum Gasteiger partial charge on any atom is -0.456 e. The highest BCUT2D eigenvalue weighted by Crippen LogP contribution is 2.44. The molecular weight excluding hydrogens is 538 g/mol. The Hall–Kier alpha value is -5.16. The van der Waals surface area contributed by atoms with Crippen LogP contribution in [0.5, 0.6) is 0 Å². The third-order valence-corrected chi connectivity index (χ3v) is 9.81. The summed E-state index contributed by atoms with van der Waals surface area (Å²) in [4.78, 5) is 0. The number of aromatic nitrogens is 1. The van der Waals surface area contributed by atoms with Crippen molar-refractivity contribution in [1.29, 1.82) is 0 Å². The number of hydrogen-bond donors (Lipinski definition) is 2. The van der Waals surface area contributed by atoms with Gasteiger partial charge in [0.1, 0.15) is 17.3 Å². The molecule has 4 unspecified atom stereocenters. The van der Waals surface area contributed by atoms with Gasteiger partial charge in [-0.1, -0.05) is 109 Å². The predicted octanol–water partition coefficient (Wildman–Crippen LogP) is 9.30. The first-order chi connectivity index (χ1) is 21.8. The van der Waals surface area contributed by atoms with Crippen LogP contribution in [0.25, 0.3) is 65.3 Å². The highest BCUT2D eigenvalue weighted by Gasteiger charge is 2.38. The molecule has 4 heteroatoms. The number of fused-ring (bicyclic) bond motifs is 11. The smallest absolute Gasteiger partial charge is 0.135 e. The van der Waals surface area contributed by atoms with E-state index in [1.54, 1.807) is 0 Å². The minimum absolute atomic E-state index is 0.00204. The second-order valence-electron chi connectivity index (χ2n) is 12.2. The molecule has 0 radical (unpaired) electrons. The summed E-state index contributed by atoms with van der Waals surface area (Å²) in [7, 11) is 0. The molecular formula is C40H29N3O. The fourth-order valence-electron chi connectivity index (χ4n) is 7.83. The maximum Gasteiger partial charge on any atom is 0.135 e. The molecule has 0 bridgehead atoms. The fourth-order valence-corrected chi connectivity index (χ4v) is 7.83. The SMILES string of the molecule is C1=CC2NC(c3ccc4oc5ccccc5c4c3)C(n3c4ccc5ccccc5c4c4c5ccccc5ccc43)NC2C=C1. The van der Waals surface area contributed by atoms with E-state index >= 15 is 0 Å². The highest BCUT2D eigenvalue weighted by atomic mass is 16.3. The van der Waals surface area contributed by atoms with Crippen molar-refractivity contribution in [2.45, 2.75) is 24.3 Å². The van der Waals surface area contributed by atoms with Crippen molar-refractivity contribution in [3.8, 4) is 0 Å². The van der Waals surface area contributed by atoms with Crippen molar-refractivity contribution in [2.75, 3.05) is 0 Å². The largest absolute Gasteiger partial charge is 0.456 e. The Kier molecular flexibility index (Phi) is 5.06. The summed E-state index contributed by atoms with van der Waals surface area (Å²) in [6.07, 6.45) is 8.82. The average molecular weight is 568 g/mol. The summed E-state index contributed by atoms with van der Waals surface area (Å²) in [6, 6.07) is 42.2. The lowest BCUT2D eigenvalue weighted by Crippen LogP contribution is -2.58. The molecule has 4 nitrogen and oxygen atoms in total. The maximum atomic E-state index is 6.22.